The maximum atomic E-state index is 13.4. The topological polar surface area (TPSA) is 98.1 Å². The zero-order chi connectivity index (χ0) is 22.2. The van der Waals surface area contributed by atoms with Crippen LogP contribution in [0.5, 0.6) is 0 Å². The molecule has 0 radical (unpaired) electrons. The molecule has 0 spiro atoms. The number of fused-ring (bicyclic) bond motifs is 1. The average molecular weight is 496 g/mol. The number of nitrogens with zero attached hydrogens (tertiary/aromatic N) is 2. The van der Waals surface area contributed by atoms with Crippen LogP contribution in [0, 0.1) is 0 Å². The molecule has 31 heavy (non-hydrogen) atoms. The fraction of sp³-hybridized carbons (Fsp3) is 0.0500. The number of para-hydroxylation sites is 2. The Morgan fingerprint density at radius 2 is 1.32 bits per heavy atom. The Balaban J connectivity index is 1.77. The Bertz CT molecular complexity index is 1470. The van der Waals surface area contributed by atoms with E-state index in [1.165, 1.54) is 48.5 Å². The van der Waals surface area contributed by atoms with Gasteiger partial charge in [0, 0.05) is 10.0 Å². The van der Waals surface area contributed by atoms with E-state index in [1.54, 1.807) is 24.3 Å². The highest BCUT2D eigenvalue weighted by Gasteiger charge is 2.25. The predicted octanol–water partition coefficient (Wildman–Crippen LogP) is 4.06. The second-order valence-corrected chi connectivity index (χ2v) is 10.9. The Kier molecular flexibility index (Phi) is 5.80. The summed E-state index contributed by atoms with van der Waals surface area (Å²) in [7, 11) is -7.98. The van der Waals surface area contributed by atoms with Crippen molar-refractivity contribution in [1.29, 1.82) is 0 Å². The minimum atomic E-state index is -4.06. The Labute approximate surface area is 189 Å². The maximum Gasteiger partial charge on any atom is 0.269 e. The van der Waals surface area contributed by atoms with E-state index < -0.39 is 20.0 Å². The molecule has 0 unspecified atom stereocenters. The van der Waals surface area contributed by atoms with Crippen molar-refractivity contribution >= 4 is 54.3 Å². The van der Waals surface area contributed by atoms with Gasteiger partial charge in [0.2, 0.25) is 10.0 Å². The first-order valence-electron chi connectivity index (χ1n) is 8.91. The van der Waals surface area contributed by atoms with Crippen LogP contribution in [0.15, 0.2) is 82.6 Å². The van der Waals surface area contributed by atoms with Gasteiger partial charge in [-0.15, -0.1) is 0 Å². The van der Waals surface area contributed by atoms with Crippen LogP contribution in [-0.2, 0) is 26.6 Å². The third-order valence-electron chi connectivity index (χ3n) is 4.48. The van der Waals surface area contributed by atoms with E-state index in [0.717, 1.165) is 3.97 Å². The van der Waals surface area contributed by atoms with Crippen molar-refractivity contribution in [1.82, 2.24) is 13.7 Å². The summed E-state index contributed by atoms with van der Waals surface area (Å²) in [4.78, 5) is 4.34. The molecule has 0 amide bonds. The SMILES string of the molecule is O=S(=O)(NCc1nc2ccccc2n1S(=O)(=O)c1ccc(Cl)cc1)c1ccc(Cl)cc1. The highest BCUT2D eigenvalue weighted by Crippen LogP contribution is 2.25. The largest absolute Gasteiger partial charge is 0.269 e. The second kappa shape index (κ2) is 8.25. The summed E-state index contributed by atoms with van der Waals surface area (Å²) >= 11 is 11.7. The quantitative estimate of drug-likeness (QED) is 0.434. The van der Waals surface area contributed by atoms with E-state index in [9.17, 15) is 16.8 Å². The Hall–Kier alpha value is -2.43. The molecule has 0 aliphatic heterocycles. The lowest BCUT2D eigenvalue weighted by atomic mass is 10.3. The van der Waals surface area contributed by atoms with Gasteiger partial charge in [-0.25, -0.2) is 30.5 Å². The highest BCUT2D eigenvalue weighted by molar-refractivity contribution is 7.90. The lowest BCUT2D eigenvalue weighted by Crippen LogP contribution is -2.26. The van der Waals surface area contributed by atoms with Gasteiger partial charge in [-0.05, 0) is 60.7 Å². The number of sulfonamides is 1. The van der Waals surface area contributed by atoms with Crippen LogP contribution >= 0.6 is 23.2 Å². The first-order valence-corrected chi connectivity index (χ1v) is 12.6. The molecule has 160 valence electrons. The van der Waals surface area contributed by atoms with E-state index >= 15 is 0 Å². The van der Waals surface area contributed by atoms with E-state index in [1.807, 2.05) is 0 Å². The summed E-state index contributed by atoms with van der Waals surface area (Å²) in [5.41, 5.74) is 0.749. The van der Waals surface area contributed by atoms with Crippen molar-refractivity contribution in [2.75, 3.05) is 0 Å². The van der Waals surface area contributed by atoms with E-state index in [4.69, 9.17) is 23.2 Å². The lowest BCUT2D eigenvalue weighted by Gasteiger charge is -2.12. The normalized spacial score (nSPS) is 12.3. The highest BCUT2D eigenvalue weighted by atomic mass is 35.5. The van der Waals surface area contributed by atoms with Crippen molar-refractivity contribution in [2.24, 2.45) is 0 Å². The molecule has 0 aliphatic rings. The summed E-state index contributed by atoms with van der Waals surface area (Å²) in [5, 5.41) is 0.792. The van der Waals surface area contributed by atoms with E-state index in [0.29, 0.717) is 21.1 Å². The number of halogens is 2. The second-order valence-electron chi connectivity index (χ2n) is 6.52. The number of imidazole rings is 1. The summed E-state index contributed by atoms with van der Waals surface area (Å²) in [6.07, 6.45) is 0. The number of rotatable bonds is 6. The van der Waals surface area contributed by atoms with E-state index in [2.05, 4.69) is 9.71 Å². The smallest absolute Gasteiger partial charge is 0.231 e. The van der Waals surface area contributed by atoms with Crippen LogP contribution in [0.25, 0.3) is 11.0 Å². The third kappa shape index (κ3) is 4.32. The van der Waals surface area contributed by atoms with Gasteiger partial charge < -0.3 is 0 Å². The fourth-order valence-corrected chi connectivity index (χ4v) is 5.72. The molecule has 1 heterocycles. The summed E-state index contributed by atoms with van der Waals surface area (Å²) < 4.78 is 55.5. The molecular weight excluding hydrogens is 481 g/mol. The first-order chi connectivity index (χ1) is 14.7. The van der Waals surface area contributed by atoms with Crippen molar-refractivity contribution < 1.29 is 16.8 Å². The van der Waals surface area contributed by atoms with Gasteiger partial charge >= 0.3 is 0 Å². The average Bonchev–Trinajstić information content (AvgIpc) is 3.12. The molecule has 4 aromatic rings. The molecule has 0 bridgehead atoms. The Morgan fingerprint density at radius 3 is 1.94 bits per heavy atom. The van der Waals surface area contributed by atoms with Gasteiger partial charge in [0.25, 0.3) is 10.0 Å². The minimum absolute atomic E-state index is 0.000111. The van der Waals surface area contributed by atoms with Gasteiger partial charge in [0.05, 0.1) is 27.4 Å². The number of aromatic nitrogens is 2. The van der Waals surface area contributed by atoms with Gasteiger partial charge in [0.1, 0.15) is 5.82 Å². The number of nitrogens with one attached hydrogen (secondary N) is 1. The molecule has 11 heteroatoms. The van der Waals surface area contributed by atoms with Crippen molar-refractivity contribution in [3.63, 3.8) is 0 Å². The van der Waals surface area contributed by atoms with Crippen molar-refractivity contribution in [3.05, 3.63) is 88.7 Å². The molecule has 1 aromatic heterocycles. The van der Waals surface area contributed by atoms with Gasteiger partial charge in [0.15, 0.2) is 0 Å². The molecule has 0 saturated carbocycles. The fourth-order valence-electron chi connectivity index (χ4n) is 3.00. The molecule has 4 rings (SSSR count). The molecule has 1 N–H and O–H groups in total. The molecule has 0 saturated heterocycles. The lowest BCUT2D eigenvalue weighted by molar-refractivity contribution is 0.573. The van der Waals surface area contributed by atoms with Crippen LogP contribution in [0.3, 0.4) is 0 Å². The molecular formula is C20H15Cl2N3O4S2. The molecule has 0 fully saturated rings. The molecule has 0 atom stereocenters. The number of hydrogen-bond acceptors (Lipinski definition) is 5. The van der Waals surface area contributed by atoms with Crippen LogP contribution in [-0.4, -0.2) is 25.8 Å². The number of hydrogen-bond donors (Lipinski definition) is 1. The van der Waals surface area contributed by atoms with Gasteiger partial charge in [-0.3, -0.25) is 0 Å². The summed E-state index contributed by atoms with van der Waals surface area (Å²) in [5.74, 6) is 0.0219. The monoisotopic (exact) mass is 495 g/mol. The first kappa shape index (κ1) is 21.8. The van der Waals surface area contributed by atoms with Crippen LogP contribution in [0.4, 0.5) is 0 Å². The third-order valence-corrected chi connectivity index (χ3v) is 8.16. The van der Waals surface area contributed by atoms with Crippen molar-refractivity contribution in [3.8, 4) is 0 Å². The summed E-state index contributed by atoms with van der Waals surface area (Å²) in [6.45, 7) is -0.341. The minimum Gasteiger partial charge on any atom is -0.231 e. The molecule has 7 nitrogen and oxygen atoms in total. The van der Waals surface area contributed by atoms with Crippen LogP contribution < -0.4 is 4.72 Å². The zero-order valence-electron chi connectivity index (χ0n) is 15.7. The van der Waals surface area contributed by atoms with Gasteiger partial charge in [-0.2, -0.15) is 0 Å². The summed E-state index contributed by atoms with van der Waals surface area (Å²) in [6, 6.07) is 18.0. The van der Waals surface area contributed by atoms with E-state index in [-0.39, 0.29) is 22.2 Å². The van der Waals surface area contributed by atoms with Gasteiger partial charge in [-0.1, -0.05) is 35.3 Å². The maximum absolute atomic E-state index is 13.4. The zero-order valence-corrected chi connectivity index (χ0v) is 18.9. The van der Waals surface area contributed by atoms with Crippen LogP contribution in [0.2, 0.25) is 10.0 Å². The van der Waals surface area contributed by atoms with Crippen LogP contribution in [0.1, 0.15) is 5.82 Å². The van der Waals surface area contributed by atoms with Crippen molar-refractivity contribution in [2.45, 2.75) is 16.3 Å². The Morgan fingerprint density at radius 1 is 0.774 bits per heavy atom. The number of benzene rings is 3. The molecule has 0 aliphatic carbocycles. The standard InChI is InChI=1S/C20H15Cl2N3O4S2/c21-14-5-9-16(10-6-14)30(26,27)23-13-20-24-18-3-1-2-4-19(18)25(20)31(28,29)17-11-7-15(22)8-12-17/h1-12,23H,13H2. The predicted molar refractivity (Wildman–Crippen MR) is 119 cm³/mol. The molecule has 3 aromatic carbocycles.